The molecule has 8 heteroatoms. The number of hydrogen-bond acceptors (Lipinski definition) is 4. The minimum absolute atomic E-state index is 0.311. The molecule has 0 unspecified atom stereocenters. The van der Waals surface area contributed by atoms with Crippen LogP contribution < -0.4 is 11.1 Å². The number of carbonyl (C=O) groups is 3. The van der Waals surface area contributed by atoms with Crippen LogP contribution >= 0.6 is 0 Å². The quantitative estimate of drug-likeness (QED) is 0.616. The minimum Gasteiger partial charge on any atom is -0.478 e. The highest BCUT2D eigenvalue weighted by atomic mass is 19.1. The first-order valence-corrected chi connectivity index (χ1v) is 5.10. The van der Waals surface area contributed by atoms with Crippen molar-refractivity contribution in [3.63, 3.8) is 0 Å². The minimum atomic E-state index is -1.56. The molecule has 5 N–H and O–H groups in total. The molecule has 19 heavy (non-hydrogen) atoms. The molecule has 1 aromatic rings. The third-order valence-corrected chi connectivity index (χ3v) is 2.37. The number of rotatable bonds is 5. The van der Waals surface area contributed by atoms with Crippen molar-refractivity contribution in [3.05, 3.63) is 29.1 Å². The molecule has 0 aliphatic rings. The van der Waals surface area contributed by atoms with Crippen LogP contribution in [0.3, 0.4) is 0 Å². The van der Waals surface area contributed by atoms with E-state index in [1.54, 1.807) is 0 Å². The predicted octanol–water partition coefficient (Wildman–Crippen LogP) is 0.508. The number of hydrogen-bond donors (Lipinski definition) is 4. The van der Waals surface area contributed by atoms with E-state index in [1.165, 1.54) is 6.92 Å². The standard InChI is InChI=1S/C11H11FN2O5/c1-4(9(13)15)14-8-3-6(11(18)19)5(10(16)17)2-7(8)12/h2-4,14H,1H3,(H2,13,15)(H,16,17)(H,18,19)/t4-/m1/s1. The van der Waals surface area contributed by atoms with Crippen LogP contribution in [0.15, 0.2) is 12.1 Å². The van der Waals surface area contributed by atoms with Gasteiger partial charge in [0.15, 0.2) is 0 Å². The van der Waals surface area contributed by atoms with E-state index in [9.17, 15) is 18.8 Å². The highest BCUT2D eigenvalue weighted by Gasteiger charge is 2.21. The van der Waals surface area contributed by atoms with Crippen molar-refractivity contribution in [2.24, 2.45) is 5.73 Å². The molecule has 1 atom stereocenters. The van der Waals surface area contributed by atoms with Crippen LogP contribution in [-0.2, 0) is 4.79 Å². The zero-order chi connectivity index (χ0) is 14.7. The van der Waals surface area contributed by atoms with Crippen molar-refractivity contribution >= 4 is 23.5 Å². The van der Waals surface area contributed by atoms with Crippen molar-refractivity contribution in [2.75, 3.05) is 5.32 Å². The molecule has 0 aliphatic carbocycles. The summed E-state index contributed by atoms with van der Waals surface area (Å²) in [5.74, 6) is -4.84. The lowest BCUT2D eigenvalue weighted by Gasteiger charge is -2.14. The van der Waals surface area contributed by atoms with Crippen molar-refractivity contribution in [1.29, 1.82) is 0 Å². The van der Waals surface area contributed by atoms with Crippen molar-refractivity contribution in [3.8, 4) is 0 Å². The van der Waals surface area contributed by atoms with Crippen molar-refractivity contribution < 1.29 is 29.0 Å². The van der Waals surface area contributed by atoms with E-state index in [-0.39, 0.29) is 5.69 Å². The van der Waals surface area contributed by atoms with Crippen LogP contribution in [0.1, 0.15) is 27.6 Å². The number of amides is 1. The molecule has 0 bridgehead atoms. The highest BCUT2D eigenvalue weighted by Crippen LogP contribution is 2.21. The lowest BCUT2D eigenvalue weighted by Crippen LogP contribution is -2.32. The lowest BCUT2D eigenvalue weighted by atomic mass is 10.1. The number of anilines is 1. The number of primary amides is 1. The summed E-state index contributed by atoms with van der Waals surface area (Å²) in [6.07, 6.45) is 0. The number of carbonyl (C=O) groups excluding carboxylic acids is 1. The summed E-state index contributed by atoms with van der Waals surface area (Å²) in [4.78, 5) is 32.5. The van der Waals surface area contributed by atoms with Gasteiger partial charge in [0.05, 0.1) is 16.8 Å². The maximum atomic E-state index is 13.6. The van der Waals surface area contributed by atoms with Crippen LogP contribution in [0, 0.1) is 5.82 Å². The summed E-state index contributed by atoms with van der Waals surface area (Å²) in [7, 11) is 0. The average Bonchev–Trinajstić information content (AvgIpc) is 2.30. The molecule has 102 valence electrons. The van der Waals surface area contributed by atoms with Crippen molar-refractivity contribution in [1.82, 2.24) is 0 Å². The van der Waals surface area contributed by atoms with E-state index >= 15 is 0 Å². The first-order chi connectivity index (χ1) is 8.73. The smallest absolute Gasteiger partial charge is 0.336 e. The summed E-state index contributed by atoms with van der Waals surface area (Å²) in [6.45, 7) is 1.35. The Labute approximate surface area is 106 Å². The topological polar surface area (TPSA) is 130 Å². The van der Waals surface area contributed by atoms with Crippen LogP contribution in [-0.4, -0.2) is 34.1 Å². The molecule has 0 heterocycles. The second kappa shape index (κ2) is 5.34. The molecule has 0 spiro atoms. The second-order valence-electron chi connectivity index (χ2n) is 3.76. The SMILES string of the molecule is C[C@@H](Nc1cc(C(=O)O)c(C(=O)O)cc1F)C(N)=O. The summed E-state index contributed by atoms with van der Waals surface area (Å²) < 4.78 is 13.6. The first-order valence-electron chi connectivity index (χ1n) is 5.10. The Hall–Kier alpha value is -2.64. The third-order valence-electron chi connectivity index (χ3n) is 2.37. The van der Waals surface area contributed by atoms with E-state index in [0.717, 1.165) is 6.07 Å². The number of halogens is 1. The van der Waals surface area contributed by atoms with Gasteiger partial charge in [0, 0.05) is 0 Å². The summed E-state index contributed by atoms with van der Waals surface area (Å²) >= 11 is 0. The first kappa shape index (κ1) is 14.4. The Bertz CT molecular complexity index is 558. The predicted molar refractivity (Wildman–Crippen MR) is 62.6 cm³/mol. The van der Waals surface area contributed by atoms with Crippen molar-refractivity contribution in [2.45, 2.75) is 13.0 Å². The van der Waals surface area contributed by atoms with Crippen LogP contribution in [0.4, 0.5) is 10.1 Å². The van der Waals surface area contributed by atoms with Crippen LogP contribution in [0.25, 0.3) is 0 Å². The molecule has 1 rings (SSSR count). The van der Waals surface area contributed by atoms with Gasteiger partial charge in [-0.2, -0.15) is 0 Å². The number of aromatic carboxylic acids is 2. The Balaban J connectivity index is 3.29. The Kier molecular flexibility index (Phi) is 4.05. The maximum Gasteiger partial charge on any atom is 0.336 e. The summed E-state index contributed by atoms with van der Waals surface area (Å²) in [5, 5.41) is 20.0. The molecule has 0 saturated heterocycles. The van der Waals surface area contributed by atoms with Gasteiger partial charge >= 0.3 is 11.9 Å². The molecule has 0 saturated carbocycles. The second-order valence-corrected chi connectivity index (χ2v) is 3.76. The molecule has 7 nitrogen and oxygen atoms in total. The largest absolute Gasteiger partial charge is 0.478 e. The molecule has 0 aliphatic heterocycles. The van der Waals surface area contributed by atoms with Gasteiger partial charge in [-0.15, -0.1) is 0 Å². The molecular formula is C11H11FN2O5. The average molecular weight is 270 g/mol. The zero-order valence-electron chi connectivity index (χ0n) is 9.81. The van der Waals surface area contributed by atoms with Gasteiger partial charge in [-0.25, -0.2) is 14.0 Å². The zero-order valence-corrected chi connectivity index (χ0v) is 9.81. The van der Waals surface area contributed by atoms with E-state index in [2.05, 4.69) is 5.32 Å². The number of benzene rings is 1. The molecule has 0 aromatic heterocycles. The summed E-state index contributed by atoms with van der Waals surface area (Å²) in [6, 6.07) is 0.439. The maximum absolute atomic E-state index is 13.6. The highest BCUT2D eigenvalue weighted by molar-refractivity contribution is 6.02. The molecule has 0 fully saturated rings. The Morgan fingerprint density at radius 1 is 1.21 bits per heavy atom. The Morgan fingerprint density at radius 2 is 1.68 bits per heavy atom. The third kappa shape index (κ3) is 3.18. The van der Waals surface area contributed by atoms with Gasteiger partial charge in [-0.1, -0.05) is 0 Å². The fourth-order valence-corrected chi connectivity index (χ4v) is 1.34. The lowest BCUT2D eigenvalue weighted by molar-refractivity contribution is -0.118. The molecular weight excluding hydrogens is 259 g/mol. The number of carboxylic acids is 2. The summed E-state index contributed by atoms with van der Waals surface area (Å²) in [5.41, 5.74) is 3.40. The van der Waals surface area contributed by atoms with Gasteiger partial charge in [0.25, 0.3) is 0 Å². The van der Waals surface area contributed by atoms with Gasteiger partial charge in [-0.3, -0.25) is 4.79 Å². The van der Waals surface area contributed by atoms with Gasteiger partial charge in [-0.05, 0) is 19.1 Å². The number of carboxylic acid groups (broad SMARTS) is 2. The van der Waals surface area contributed by atoms with Crippen LogP contribution in [0.5, 0.6) is 0 Å². The number of nitrogens with two attached hydrogens (primary N) is 1. The molecule has 1 amide bonds. The molecule has 1 aromatic carbocycles. The van der Waals surface area contributed by atoms with Gasteiger partial charge in [0.1, 0.15) is 11.9 Å². The Morgan fingerprint density at radius 3 is 2.11 bits per heavy atom. The van der Waals surface area contributed by atoms with E-state index in [4.69, 9.17) is 15.9 Å². The van der Waals surface area contributed by atoms with Gasteiger partial charge in [0.2, 0.25) is 5.91 Å². The van der Waals surface area contributed by atoms with E-state index < -0.39 is 40.8 Å². The van der Waals surface area contributed by atoms with Gasteiger partial charge < -0.3 is 21.3 Å². The fraction of sp³-hybridized carbons (Fsp3) is 0.182. The van der Waals surface area contributed by atoms with E-state index in [1.807, 2.05) is 0 Å². The molecule has 0 radical (unpaired) electrons. The monoisotopic (exact) mass is 270 g/mol. The normalized spacial score (nSPS) is 11.7. The van der Waals surface area contributed by atoms with Crippen LogP contribution in [0.2, 0.25) is 0 Å². The van der Waals surface area contributed by atoms with E-state index in [0.29, 0.717) is 6.07 Å². The number of nitrogens with one attached hydrogen (secondary N) is 1. The fourth-order valence-electron chi connectivity index (χ4n) is 1.34.